The molecule has 0 unspecified atom stereocenters. The highest BCUT2D eigenvalue weighted by Gasteiger charge is 1.92. The van der Waals surface area contributed by atoms with Crippen molar-refractivity contribution < 1.29 is 0 Å². The lowest BCUT2D eigenvalue weighted by Gasteiger charge is -2.00. The van der Waals surface area contributed by atoms with Crippen molar-refractivity contribution in [2.24, 2.45) is 0 Å². The van der Waals surface area contributed by atoms with Gasteiger partial charge in [-0.25, -0.2) is 0 Å². The Bertz CT molecular complexity index is 110. The van der Waals surface area contributed by atoms with Gasteiger partial charge in [-0.15, -0.1) is 0 Å². The first-order chi connectivity index (χ1) is 4.68. The molecule has 0 saturated heterocycles. The molecule has 0 saturated carbocycles. The van der Waals surface area contributed by atoms with Crippen LogP contribution in [-0.2, 0) is 0 Å². The minimum Gasteiger partial charge on any atom is -0.0895 e. The molecule has 0 radical (unpaired) electrons. The van der Waals surface area contributed by atoms with Crippen molar-refractivity contribution in [1.29, 1.82) is 0 Å². The maximum absolute atomic E-state index is 5.79. The predicted molar refractivity (Wildman–Crippen MR) is 48.4 cm³/mol. The first-order valence-corrected chi connectivity index (χ1v) is 4.38. The molecule has 0 aliphatic rings. The molecule has 0 aromatic carbocycles. The van der Waals surface area contributed by atoms with Crippen LogP contribution in [0.1, 0.15) is 46.5 Å². The van der Waals surface area contributed by atoms with Gasteiger partial charge in [0.05, 0.1) is 0 Å². The van der Waals surface area contributed by atoms with E-state index in [0.29, 0.717) is 0 Å². The van der Waals surface area contributed by atoms with E-state index in [9.17, 15) is 0 Å². The van der Waals surface area contributed by atoms with Crippen LogP contribution >= 0.6 is 11.6 Å². The van der Waals surface area contributed by atoms with Gasteiger partial charge in [-0.2, -0.15) is 0 Å². The topological polar surface area (TPSA) is 0 Å². The van der Waals surface area contributed by atoms with Crippen LogP contribution in [0.2, 0.25) is 0 Å². The van der Waals surface area contributed by atoms with Gasteiger partial charge in [-0.3, -0.25) is 0 Å². The van der Waals surface area contributed by atoms with Gasteiger partial charge in [-0.1, -0.05) is 36.9 Å². The minimum absolute atomic E-state index is 0.969. The zero-order valence-electron chi connectivity index (χ0n) is 7.21. The third kappa shape index (κ3) is 4.87. The SMILES string of the molecule is CCCCCC(C)=C(C)Cl. The average molecular weight is 161 g/mol. The second-order valence-corrected chi connectivity index (χ2v) is 3.34. The smallest absolute Gasteiger partial charge is 0.0139 e. The Balaban J connectivity index is 3.40. The molecular formula is C9H17Cl. The molecule has 0 amide bonds. The highest BCUT2D eigenvalue weighted by molar-refractivity contribution is 6.29. The van der Waals surface area contributed by atoms with Crippen LogP contribution in [0.25, 0.3) is 0 Å². The Morgan fingerprint density at radius 3 is 2.20 bits per heavy atom. The molecule has 0 nitrogen and oxygen atoms in total. The molecule has 0 aliphatic carbocycles. The fourth-order valence-electron chi connectivity index (χ4n) is 0.812. The van der Waals surface area contributed by atoms with Crippen LogP contribution in [0.4, 0.5) is 0 Å². The van der Waals surface area contributed by atoms with Crippen molar-refractivity contribution in [2.45, 2.75) is 46.5 Å². The summed E-state index contributed by atoms with van der Waals surface area (Å²) >= 11 is 5.79. The molecule has 0 aliphatic heterocycles. The number of rotatable bonds is 4. The summed E-state index contributed by atoms with van der Waals surface area (Å²) in [4.78, 5) is 0. The van der Waals surface area contributed by atoms with Crippen molar-refractivity contribution in [3.8, 4) is 0 Å². The molecule has 0 heterocycles. The van der Waals surface area contributed by atoms with Crippen molar-refractivity contribution in [2.75, 3.05) is 0 Å². The summed E-state index contributed by atoms with van der Waals surface area (Å²) in [6.45, 7) is 6.29. The lowest BCUT2D eigenvalue weighted by molar-refractivity contribution is 0.712. The molecule has 0 aromatic heterocycles. The summed E-state index contributed by atoms with van der Waals surface area (Å²) in [6, 6.07) is 0. The molecule has 1 heteroatoms. The van der Waals surface area contributed by atoms with E-state index >= 15 is 0 Å². The molecule has 0 fully saturated rings. The second kappa shape index (κ2) is 5.79. The van der Waals surface area contributed by atoms with Crippen LogP contribution in [0, 0.1) is 0 Å². The van der Waals surface area contributed by atoms with E-state index in [2.05, 4.69) is 13.8 Å². The van der Waals surface area contributed by atoms with E-state index < -0.39 is 0 Å². The normalized spacial score (nSPS) is 13.2. The fourth-order valence-corrected chi connectivity index (χ4v) is 0.907. The first kappa shape index (κ1) is 10.0. The molecule has 0 bridgehead atoms. The zero-order chi connectivity index (χ0) is 7.98. The van der Waals surface area contributed by atoms with Gasteiger partial charge >= 0.3 is 0 Å². The molecule has 0 atom stereocenters. The second-order valence-electron chi connectivity index (χ2n) is 2.77. The van der Waals surface area contributed by atoms with E-state index in [-0.39, 0.29) is 0 Å². The van der Waals surface area contributed by atoms with Crippen LogP contribution < -0.4 is 0 Å². The molecule has 0 rings (SSSR count). The molecule has 0 N–H and O–H groups in total. The van der Waals surface area contributed by atoms with E-state index in [0.717, 1.165) is 5.03 Å². The maximum Gasteiger partial charge on any atom is 0.0139 e. The van der Waals surface area contributed by atoms with E-state index in [1.165, 1.54) is 31.3 Å². The molecule has 10 heavy (non-hydrogen) atoms. The Hall–Kier alpha value is 0.0300. The third-order valence-electron chi connectivity index (χ3n) is 1.74. The monoisotopic (exact) mass is 160 g/mol. The quantitative estimate of drug-likeness (QED) is 0.544. The van der Waals surface area contributed by atoms with Gasteiger partial charge in [0.2, 0.25) is 0 Å². The van der Waals surface area contributed by atoms with Gasteiger partial charge in [0, 0.05) is 5.03 Å². The number of halogens is 1. The van der Waals surface area contributed by atoms with Crippen molar-refractivity contribution in [1.82, 2.24) is 0 Å². The Labute approximate surface area is 69.3 Å². The third-order valence-corrected chi connectivity index (χ3v) is 2.07. The summed E-state index contributed by atoms with van der Waals surface area (Å²) in [7, 11) is 0. The number of unbranched alkanes of at least 4 members (excludes halogenated alkanes) is 2. The summed E-state index contributed by atoms with van der Waals surface area (Å²) in [5, 5.41) is 0.969. The molecule has 0 spiro atoms. The summed E-state index contributed by atoms with van der Waals surface area (Å²) < 4.78 is 0. The molecule has 60 valence electrons. The van der Waals surface area contributed by atoms with Gasteiger partial charge in [0.1, 0.15) is 0 Å². The molecular weight excluding hydrogens is 144 g/mol. The molecule has 0 aromatic rings. The van der Waals surface area contributed by atoms with Crippen LogP contribution in [0.15, 0.2) is 10.6 Å². The van der Waals surface area contributed by atoms with E-state index in [4.69, 9.17) is 11.6 Å². The van der Waals surface area contributed by atoms with Crippen molar-refractivity contribution >= 4 is 11.6 Å². The van der Waals surface area contributed by atoms with Crippen molar-refractivity contribution in [3.05, 3.63) is 10.6 Å². The largest absolute Gasteiger partial charge is 0.0895 e. The van der Waals surface area contributed by atoms with Crippen LogP contribution in [0.5, 0.6) is 0 Å². The Morgan fingerprint density at radius 2 is 1.80 bits per heavy atom. The Kier molecular flexibility index (Phi) is 5.81. The van der Waals surface area contributed by atoms with Gasteiger partial charge in [0.25, 0.3) is 0 Å². The lowest BCUT2D eigenvalue weighted by Crippen LogP contribution is -1.79. The highest BCUT2D eigenvalue weighted by atomic mass is 35.5. The highest BCUT2D eigenvalue weighted by Crippen LogP contribution is 2.14. The van der Waals surface area contributed by atoms with Gasteiger partial charge in [0.15, 0.2) is 0 Å². The Morgan fingerprint density at radius 1 is 1.20 bits per heavy atom. The minimum atomic E-state index is 0.969. The summed E-state index contributed by atoms with van der Waals surface area (Å²) in [5.41, 5.74) is 1.34. The number of allylic oxidation sites excluding steroid dienone is 2. The number of hydrogen-bond acceptors (Lipinski definition) is 0. The zero-order valence-corrected chi connectivity index (χ0v) is 7.96. The van der Waals surface area contributed by atoms with Gasteiger partial charge < -0.3 is 0 Å². The lowest BCUT2D eigenvalue weighted by atomic mass is 10.1. The van der Waals surface area contributed by atoms with Crippen LogP contribution in [-0.4, -0.2) is 0 Å². The van der Waals surface area contributed by atoms with Gasteiger partial charge in [-0.05, 0) is 26.7 Å². The maximum atomic E-state index is 5.79. The standard InChI is InChI=1S/C9H17Cl/c1-4-5-6-7-8(2)9(3)10/h4-7H2,1-3H3. The average Bonchev–Trinajstić information content (AvgIpc) is 1.88. The van der Waals surface area contributed by atoms with Crippen molar-refractivity contribution in [3.63, 3.8) is 0 Å². The first-order valence-electron chi connectivity index (χ1n) is 4.00. The van der Waals surface area contributed by atoms with E-state index in [1.54, 1.807) is 0 Å². The number of hydrogen-bond donors (Lipinski definition) is 0. The van der Waals surface area contributed by atoms with Crippen LogP contribution in [0.3, 0.4) is 0 Å². The van der Waals surface area contributed by atoms with E-state index in [1.807, 2.05) is 6.92 Å². The summed E-state index contributed by atoms with van der Waals surface area (Å²) in [5.74, 6) is 0. The predicted octanol–water partition coefficient (Wildman–Crippen LogP) is 4.10. The summed E-state index contributed by atoms with van der Waals surface area (Å²) in [6.07, 6.45) is 5.06. The fraction of sp³-hybridized carbons (Fsp3) is 0.778.